The molecule has 0 atom stereocenters. The first-order valence-electron chi connectivity index (χ1n) is 8.26. The molecule has 1 heterocycles. The summed E-state index contributed by atoms with van der Waals surface area (Å²) in [6.07, 6.45) is 0. The topological polar surface area (TPSA) is 63.9 Å². The standard InChI is InChI=1S/C18H17F2N5OS/c1-2-24(11-13-5-3-6-14(19)9-13)17(26)12-27-18-21-22-23-25(18)16-8-4-7-15(20)10-16/h3-10H,2,11-12H2,1H3. The highest BCUT2D eigenvalue weighted by molar-refractivity contribution is 7.99. The van der Waals surface area contributed by atoms with E-state index in [1.807, 2.05) is 6.92 Å². The minimum Gasteiger partial charge on any atom is -0.338 e. The number of tetrazole rings is 1. The van der Waals surface area contributed by atoms with Gasteiger partial charge in [0.25, 0.3) is 0 Å². The number of rotatable bonds is 7. The van der Waals surface area contributed by atoms with Crippen LogP contribution >= 0.6 is 11.8 Å². The monoisotopic (exact) mass is 389 g/mol. The van der Waals surface area contributed by atoms with Crippen LogP contribution in [0, 0.1) is 11.6 Å². The molecule has 0 radical (unpaired) electrons. The molecule has 6 nitrogen and oxygen atoms in total. The third-order valence-electron chi connectivity index (χ3n) is 3.82. The molecule has 0 fully saturated rings. The van der Waals surface area contributed by atoms with Crippen LogP contribution in [0.15, 0.2) is 53.7 Å². The number of halogens is 2. The number of nitrogens with zero attached hydrogens (tertiary/aromatic N) is 5. The van der Waals surface area contributed by atoms with E-state index in [1.54, 1.807) is 29.2 Å². The number of hydrogen-bond donors (Lipinski definition) is 0. The van der Waals surface area contributed by atoms with E-state index in [4.69, 9.17) is 0 Å². The number of thioether (sulfide) groups is 1. The Balaban J connectivity index is 1.66. The molecule has 1 aromatic heterocycles. The Labute approximate surface area is 159 Å². The lowest BCUT2D eigenvalue weighted by Crippen LogP contribution is -2.31. The summed E-state index contributed by atoms with van der Waals surface area (Å²) in [5.74, 6) is -0.749. The fourth-order valence-electron chi connectivity index (χ4n) is 2.49. The van der Waals surface area contributed by atoms with Gasteiger partial charge in [0.15, 0.2) is 0 Å². The maximum atomic E-state index is 13.4. The van der Waals surface area contributed by atoms with Gasteiger partial charge < -0.3 is 4.90 Å². The van der Waals surface area contributed by atoms with Gasteiger partial charge in [0.2, 0.25) is 11.1 Å². The molecule has 140 valence electrons. The Morgan fingerprint density at radius 1 is 1.15 bits per heavy atom. The minimum atomic E-state index is -0.401. The van der Waals surface area contributed by atoms with Crippen molar-refractivity contribution in [3.63, 3.8) is 0 Å². The smallest absolute Gasteiger partial charge is 0.233 e. The second-order valence-corrected chi connectivity index (χ2v) is 6.62. The Kier molecular flexibility index (Phi) is 6.12. The zero-order valence-corrected chi connectivity index (χ0v) is 15.4. The Hall–Kier alpha value is -2.81. The molecular weight excluding hydrogens is 372 g/mol. The van der Waals surface area contributed by atoms with Gasteiger partial charge in [-0.3, -0.25) is 4.79 Å². The summed E-state index contributed by atoms with van der Waals surface area (Å²) >= 11 is 1.16. The number of carbonyl (C=O) groups excluding carboxylic acids is 1. The summed E-state index contributed by atoms with van der Waals surface area (Å²) in [5, 5.41) is 11.7. The van der Waals surface area contributed by atoms with Crippen molar-refractivity contribution in [3.8, 4) is 5.69 Å². The Morgan fingerprint density at radius 2 is 1.89 bits per heavy atom. The highest BCUT2D eigenvalue weighted by Crippen LogP contribution is 2.19. The maximum absolute atomic E-state index is 13.4. The zero-order chi connectivity index (χ0) is 19.2. The Morgan fingerprint density at radius 3 is 2.59 bits per heavy atom. The van der Waals surface area contributed by atoms with Gasteiger partial charge in [0, 0.05) is 13.1 Å². The molecule has 0 spiro atoms. The van der Waals surface area contributed by atoms with Gasteiger partial charge in [-0.25, -0.2) is 8.78 Å². The largest absolute Gasteiger partial charge is 0.338 e. The molecule has 0 saturated heterocycles. The van der Waals surface area contributed by atoms with Crippen molar-refractivity contribution < 1.29 is 13.6 Å². The normalized spacial score (nSPS) is 10.8. The van der Waals surface area contributed by atoms with Crippen molar-refractivity contribution >= 4 is 17.7 Å². The van der Waals surface area contributed by atoms with E-state index in [1.165, 1.54) is 28.9 Å². The lowest BCUT2D eigenvalue weighted by molar-refractivity contribution is -0.128. The van der Waals surface area contributed by atoms with E-state index in [0.29, 0.717) is 23.9 Å². The van der Waals surface area contributed by atoms with E-state index in [9.17, 15) is 13.6 Å². The Bertz CT molecular complexity index is 933. The van der Waals surface area contributed by atoms with Crippen LogP contribution < -0.4 is 0 Å². The van der Waals surface area contributed by atoms with Gasteiger partial charge in [-0.05, 0) is 53.2 Å². The number of benzene rings is 2. The number of hydrogen-bond acceptors (Lipinski definition) is 5. The van der Waals surface area contributed by atoms with E-state index in [0.717, 1.165) is 17.3 Å². The second kappa shape index (κ2) is 8.72. The van der Waals surface area contributed by atoms with Crippen LogP contribution in [0.1, 0.15) is 12.5 Å². The van der Waals surface area contributed by atoms with Crippen LogP contribution in [0.2, 0.25) is 0 Å². The van der Waals surface area contributed by atoms with Crippen LogP contribution in [0.4, 0.5) is 8.78 Å². The quantitative estimate of drug-likeness (QED) is 0.581. The van der Waals surface area contributed by atoms with Crippen molar-refractivity contribution in [1.29, 1.82) is 0 Å². The second-order valence-electron chi connectivity index (χ2n) is 5.68. The molecule has 3 rings (SSSR count). The van der Waals surface area contributed by atoms with Gasteiger partial charge in [0.1, 0.15) is 11.6 Å². The number of aromatic nitrogens is 4. The van der Waals surface area contributed by atoms with Crippen molar-refractivity contribution in [2.24, 2.45) is 0 Å². The molecule has 0 aliphatic rings. The molecule has 0 aliphatic heterocycles. The predicted octanol–water partition coefficient (Wildman–Crippen LogP) is 3.08. The van der Waals surface area contributed by atoms with Crippen molar-refractivity contribution in [1.82, 2.24) is 25.1 Å². The molecule has 27 heavy (non-hydrogen) atoms. The highest BCUT2D eigenvalue weighted by Gasteiger charge is 2.16. The lowest BCUT2D eigenvalue weighted by atomic mass is 10.2. The van der Waals surface area contributed by atoms with Crippen molar-refractivity contribution in [3.05, 3.63) is 65.7 Å². The maximum Gasteiger partial charge on any atom is 0.233 e. The zero-order valence-electron chi connectivity index (χ0n) is 14.5. The van der Waals surface area contributed by atoms with Gasteiger partial charge in [-0.2, -0.15) is 4.68 Å². The predicted molar refractivity (Wildman–Crippen MR) is 97.3 cm³/mol. The first-order valence-corrected chi connectivity index (χ1v) is 9.24. The van der Waals surface area contributed by atoms with Gasteiger partial charge in [-0.1, -0.05) is 30.0 Å². The molecule has 0 N–H and O–H groups in total. The molecule has 0 unspecified atom stereocenters. The lowest BCUT2D eigenvalue weighted by Gasteiger charge is -2.20. The van der Waals surface area contributed by atoms with Crippen LogP contribution in [0.3, 0.4) is 0 Å². The summed E-state index contributed by atoms with van der Waals surface area (Å²) in [6, 6.07) is 12.0. The number of carbonyl (C=O) groups is 1. The first kappa shape index (κ1) is 19.0. The molecule has 9 heteroatoms. The van der Waals surface area contributed by atoms with E-state index < -0.39 is 5.82 Å². The highest BCUT2D eigenvalue weighted by atomic mass is 32.2. The van der Waals surface area contributed by atoms with Crippen molar-refractivity contribution in [2.75, 3.05) is 12.3 Å². The van der Waals surface area contributed by atoms with E-state index >= 15 is 0 Å². The summed E-state index contributed by atoms with van der Waals surface area (Å²) in [4.78, 5) is 14.2. The average Bonchev–Trinajstić information content (AvgIpc) is 3.13. The van der Waals surface area contributed by atoms with Crippen molar-refractivity contribution in [2.45, 2.75) is 18.6 Å². The fraction of sp³-hybridized carbons (Fsp3) is 0.222. The summed E-state index contributed by atoms with van der Waals surface area (Å²) in [7, 11) is 0. The summed E-state index contributed by atoms with van der Waals surface area (Å²) in [6.45, 7) is 2.67. The molecule has 0 bridgehead atoms. The van der Waals surface area contributed by atoms with Crippen LogP contribution in [0.5, 0.6) is 0 Å². The molecular formula is C18H17F2N5OS. The third kappa shape index (κ3) is 4.88. The van der Waals surface area contributed by atoms with Crippen LogP contribution in [-0.2, 0) is 11.3 Å². The van der Waals surface area contributed by atoms with Gasteiger partial charge >= 0.3 is 0 Å². The average molecular weight is 389 g/mol. The van der Waals surface area contributed by atoms with Crippen LogP contribution in [0.25, 0.3) is 5.69 Å². The van der Waals surface area contributed by atoms with Gasteiger partial charge in [-0.15, -0.1) is 5.10 Å². The van der Waals surface area contributed by atoms with E-state index in [-0.39, 0.29) is 17.5 Å². The SMILES string of the molecule is CCN(Cc1cccc(F)c1)C(=O)CSc1nnnn1-c1cccc(F)c1. The molecule has 0 aliphatic carbocycles. The number of amides is 1. The van der Waals surface area contributed by atoms with E-state index in [2.05, 4.69) is 15.5 Å². The molecule has 1 amide bonds. The third-order valence-corrected chi connectivity index (χ3v) is 4.72. The van der Waals surface area contributed by atoms with Crippen LogP contribution in [-0.4, -0.2) is 43.3 Å². The van der Waals surface area contributed by atoms with Gasteiger partial charge in [0.05, 0.1) is 11.4 Å². The summed E-state index contributed by atoms with van der Waals surface area (Å²) < 4.78 is 28.1. The fourth-order valence-corrected chi connectivity index (χ4v) is 3.28. The molecule has 0 saturated carbocycles. The molecule has 3 aromatic rings. The molecule has 2 aromatic carbocycles. The summed E-state index contributed by atoms with van der Waals surface area (Å²) in [5.41, 5.74) is 1.20. The first-order chi connectivity index (χ1) is 13.1. The minimum absolute atomic E-state index is 0.110.